The molecule has 1 amide bonds. The Morgan fingerprint density at radius 3 is 2.71 bits per heavy atom. The maximum absolute atomic E-state index is 13.5. The van der Waals surface area contributed by atoms with Crippen molar-refractivity contribution in [1.29, 1.82) is 0 Å². The van der Waals surface area contributed by atoms with Crippen LogP contribution in [0.15, 0.2) is 42.6 Å². The van der Waals surface area contributed by atoms with E-state index < -0.39 is 0 Å². The molecule has 0 aliphatic carbocycles. The number of amides is 1. The third-order valence-electron chi connectivity index (χ3n) is 2.94. The second kappa shape index (κ2) is 7.38. The molecule has 0 aliphatic heterocycles. The number of aromatic nitrogens is 1. The Morgan fingerprint density at radius 2 is 2.05 bits per heavy atom. The van der Waals surface area contributed by atoms with Crippen molar-refractivity contribution in [2.45, 2.75) is 26.2 Å². The first kappa shape index (κ1) is 15.0. The lowest BCUT2D eigenvalue weighted by Gasteiger charge is -2.08. The Kier molecular flexibility index (Phi) is 5.26. The van der Waals surface area contributed by atoms with E-state index in [9.17, 15) is 9.18 Å². The largest absolute Gasteiger partial charge is 0.338 e. The zero-order valence-corrected chi connectivity index (χ0v) is 11.9. The zero-order valence-electron chi connectivity index (χ0n) is 11.9. The molecule has 1 aromatic heterocycles. The van der Waals surface area contributed by atoms with Gasteiger partial charge in [0.05, 0.1) is 17.6 Å². The second-order valence-corrected chi connectivity index (χ2v) is 4.69. The molecule has 110 valence electrons. The summed E-state index contributed by atoms with van der Waals surface area (Å²) in [7, 11) is 0. The normalized spacial score (nSPS) is 10.2. The summed E-state index contributed by atoms with van der Waals surface area (Å²) in [4.78, 5) is 15.7. The molecule has 0 saturated heterocycles. The van der Waals surface area contributed by atoms with Crippen molar-refractivity contribution in [1.82, 2.24) is 4.98 Å². The van der Waals surface area contributed by atoms with Crippen molar-refractivity contribution in [3.8, 4) is 0 Å². The minimum Gasteiger partial charge on any atom is -0.338 e. The highest BCUT2D eigenvalue weighted by atomic mass is 19.1. The van der Waals surface area contributed by atoms with Crippen molar-refractivity contribution in [3.63, 3.8) is 0 Å². The Balaban J connectivity index is 1.96. The number of carbonyl (C=O) groups is 1. The average Bonchev–Trinajstić information content (AvgIpc) is 2.49. The van der Waals surface area contributed by atoms with Gasteiger partial charge in [0.1, 0.15) is 11.6 Å². The summed E-state index contributed by atoms with van der Waals surface area (Å²) in [5.74, 6) is 0.163. The van der Waals surface area contributed by atoms with Crippen molar-refractivity contribution in [2.24, 2.45) is 0 Å². The molecule has 0 atom stereocenters. The van der Waals surface area contributed by atoms with Crippen LogP contribution < -0.4 is 10.6 Å². The van der Waals surface area contributed by atoms with Crippen molar-refractivity contribution in [2.75, 3.05) is 10.6 Å². The van der Waals surface area contributed by atoms with E-state index in [0.29, 0.717) is 23.6 Å². The van der Waals surface area contributed by atoms with Gasteiger partial charge < -0.3 is 10.6 Å². The fourth-order valence-electron chi connectivity index (χ4n) is 1.80. The molecule has 4 nitrogen and oxygen atoms in total. The third-order valence-corrected chi connectivity index (χ3v) is 2.94. The van der Waals surface area contributed by atoms with Crippen LogP contribution in [0.25, 0.3) is 0 Å². The molecule has 1 aromatic carbocycles. The number of para-hydroxylation sites is 1. The molecule has 2 N–H and O–H groups in total. The maximum atomic E-state index is 13.5. The van der Waals surface area contributed by atoms with E-state index >= 15 is 0 Å². The van der Waals surface area contributed by atoms with E-state index in [0.717, 1.165) is 12.8 Å². The van der Waals surface area contributed by atoms with Crippen LogP contribution in [0.4, 0.5) is 21.6 Å². The van der Waals surface area contributed by atoms with Gasteiger partial charge >= 0.3 is 0 Å². The van der Waals surface area contributed by atoms with Gasteiger partial charge in [-0.1, -0.05) is 25.5 Å². The van der Waals surface area contributed by atoms with Crippen LogP contribution in [0.5, 0.6) is 0 Å². The average molecular weight is 287 g/mol. The molecular weight excluding hydrogens is 269 g/mol. The Morgan fingerprint density at radius 1 is 1.24 bits per heavy atom. The van der Waals surface area contributed by atoms with Gasteiger partial charge in [-0.25, -0.2) is 9.37 Å². The minimum atomic E-state index is -0.337. The van der Waals surface area contributed by atoms with Crippen LogP contribution in [0.2, 0.25) is 0 Å². The second-order valence-electron chi connectivity index (χ2n) is 4.69. The number of nitrogens with zero attached hydrogens (tertiary/aromatic N) is 1. The first-order chi connectivity index (χ1) is 10.2. The molecule has 0 unspecified atom stereocenters. The molecule has 1 heterocycles. The topological polar surface area (TPSA) is 54.0 Å². The van der Waals surface area contributed by atoms with E-state index in [-0.39, 0.29) is 11.7 Å². The fourth-order valence-corrected chi connectivity index (χ4v) is 1.80. The van der Waals surface area contributed by atoms with Crippen LogP contribution in [0, 0.1) is 5.82 Å². The number of anilines is 3. The molecule has 0 fully saturated rings. The first-order valence-electron chi connectivity index (χ1n) is 6.96. The van der Waals surface area contributed by atoms with Gasteiger partial charge in [-0.05, 0) is 30.7 Å². The Labute approximate surface area is 123 Å². The minimum absolute atomic E-state index is 0.0199. The number of hydrogen-bond donors (Lipinski definition) is 2. The number of pyridine rings is 1. The summed E-state index contributed by atoms with van der Waals surface area (Å²) in [5, 5.41) is 5.66. The standard InChI is InChI=1S/C16H18FN3O/c1-2-3-8-16(21)19-12-9-10-15(18-11-12)20-14-7-5-4-6-13(14)17/h4-7,9-11H,2-3,8H2,1H3,(H,18,20)(H,19,21). The van der Waals surface area contributed by atoms with Crippen LogP contribution >= 0.6 is 0 Å². The summed E-state index contributed by atoms with van der Waals surface area (Å²) >= 11 is 0. The van der Waals surface area contributed by atoms with Crippen molar-refractivity contribution >= 4 is 23.1 Å². The first-order valence-corrected chi connectivity index (χ1v) is 6.96. The molecule has 0 spiro atoms. The molecule has 0 aliphatic rings. The number of hydrogen-bond acceptors (Lipinski definition) is 3. The van der Waals surface area contributed by atoms with Crippen LogP contribution in [0.3, 0.4) is 0 Å². The summed E-state index contributed by atoms with van der Waals surface area (Å²) in [6.07, 6.45) is 3.90. The third kappa shape index (κ3) is 4.56. The van der Waals surface area contributed by atoms with Crippen LogP contribution in [-0.4, -0.2) is 10.9 Å². The van der Waals surface area contributed by atoms with Gasteiger partial charge in [0.25, 0.3) is 0 Å². The van der Waals surface area contributed by atoms with Gasteiger partial charge in [0.2, 0.25) is 5.91 Å². The Hall–Kier alpha value is -2.43. The molecule has 5 heteroatoms. The smallest absolute Gasteiger partial charge is 0.224 e. The SMILES string of the molecule is CCCCC(=O)Nc1ccc(Nc2ccccc2F)nc1. The highest BCUT2D eigenvalue weighted by molar-refractivity contribution is 5.90. The van der Waals surface area contributed by atoms with E-state index in [1.165, 1.54) is 6.07 Å². The fraction of sp³-hybridized carbons (Fsp3) is 0.250. The van der Waals surface area contributed by atoms with Gasteiger partial charge in [-0.2, -0.15) is 0 Å². The van der Waals surface area contributed by atoms with E-state index in [2.05, 4.69) is 15.6 Å². The Bertz CT molecular complexity index is 599. The summed E-state index contributed by atoms with van der Waals surface area (Å²) in [6.45, 7) is 2.04. The summed E-state index contributed by atoms with van der Waals surface area (Å²) in [6, 6.07) is 9.82. The lowest BCUT2D eigenvalue weighted by Crippen LogP contribution is -2.11. The number of rotatable bonds is 6. The van der Waals surface area contributed by atoms with Crippen molar-refractivity contribution in [3.05, 3.63) is 48.4 Å². The van der Waals surface area contributed by atoms with Gasteiger partial charge in [0.15, 0.2) is 0 Å². The molecule has 21 heavy (non-hydrogen) atoms. The predicted octanol–water partition coefficient (Wildman–Crippen LogP) is 4.09. The van der Waals surface area contributed by atoms with E-state index in [1.807, 2.05) is 6.92 Å². The quantitative estimate of drug-likeness (QED) is 0.841. The van der Waals surface area contributed by atoms with E-state index in [1.54, 1.807) is 36.5 Å². The number of benzene rings is 1. The molecule has 2 aromatic rings. The van der Waals surface area contributed by atoms with Crippen LogP contribution in [-0.2, 0) is 4.79 Å². The highest BCUT2D eigenvalue weighted by Gasteiger charge is 2.04. The zero-order chi connectivity index (χ0) is 15.1. The lowest BCUT2D eigenvalue weighted by atomic mass is 10.2. The number of unbranched alkanes of at least 4 members (excludes halogenated alkanes) is 1. The summed E-state index contributed by atoms with van der Waals surface area (Å²) in [5.41, 5.74) is 1.000. The number of carbonyl (C=O) groups excluding carboxylic acids is 1. The molecule has 0 radical (unpaired) electrons. The highest BCUT2D eigenvalue weighted by Crippen LogP contribution is 2.19. The van der Waals surface area contributed by atoms with Crippen LogP contribution in [0.1, 0.15) is 26.2 Å². The van der Waals surface area contributed by atoms with Gasteiger partial charge in [0, 0.05) is 6.42 Å². The molecule has 0 bridgehead atoms. The lowest BCUT2D eigenvalue weighted by molar-refractivity contribution is -0.116. The maximum Gasteiger partial charge on any atom is 0.224 e. The summed E-state index contributed by atoms with van der Waals surface area (Å²) < 4.78 is 13.5. The predicted molar refractivity (Wildman–Crippen MR) is 82.1 cm³/mol. The van der Waals surface area contributed by atoms with E-state index in [4.69, 9.17) is 0 Å². The number of nitrogens with one attached hydrogen (secondary N) is 2. The van der Waals surface area contributed by atoms with Crippen molar-refractivity contribution < 1.29 is 9.18 Å². The monoisotopic (exact) mass is 287 g/mol. The van der Waals surface area contributed by atoms with Gasteiger partial charge in [-0.3, -0.25) is 4.79 Å². The molecule has 2 rings (SSSR count). The van der Waals surface area contributed by atoms with Gasteiger partial charge in [-0.15, -0.1) is 0 Å². The number of halogens is 1. The molecular formula is C16H18FN3O. The molecule has 0 saturated carbocycles.